The molecule has 1 N–H and O–H groups in total. The third kappa shape index (κ3) is 2.91. The molecule has 11 heteroatoms. The van der Waals surface area contributed by atoms with Crippen LogP contribution in [0.5, 0.6) is 0 Å². The number of carbonyl (C=O) groups excluding carboxylic acids is 1. The van der Waals surface area contributed by atoms with Crippen molar-refractivity contribution < 1.29 is 14.1 Å². The van der Waals surface area contributed by atoms with Gasteiger partial charge in [-0.15, -0.1) is 16.4 Å². The van der Waals surface area contributed by atoms with Crippen LogP contribution in [0.15, 0.2) is 40.9 Å². The fraction of sp³-hybridized carbons (Fsp3) is 0.0667. The normalized spacial score (nSPS) is 11.0. The summed E-state index contributed by atoms with van der Waals surface area (Å²) in [4.78, 5) is 23.1. The lowest BCUT2D eigenvalue weighted by Crippen LogP contribution is -2.10. The molecule has 1 aromatic carbocycles. The maximum atomic E-state index is 12.4. The number of hydrogen-bond acceptors (Lipinski definition) is 8. The summed E-state index contributed by atoms with van der Waals surface area (Å²) in [5.41, 5.74) is 0.467. The molecule has 0 aliphatic rings. The Morgan fingerprint density at radius 2 is 2.15 bits per heavy atom. The molecular weight excluding hydrogens is 360 g/mol. The third-order valence-electron chi connectivity index (χ3n) is 3.51. The summed E-state index contributed by atoms with van der Waals surface area (Å²) < 4.78 is 7.74. The van der Waals surface area contributed by atoms with E-state index < -0.39 is 10.8 Å². The van der Waals surface area contributed by atoms with E-state index in [2.05, 4.69) is 20.6 Å². The predicted molar refractivity (Wildman–Crippen MR) is 92.9 cm³/mol. The average molecular weight is 370 g/mol. The van der Waals surface area contributed by atoms with Crippen molar-refractivity contribution in [2.24, 2.45) is 7.05 Å². The quantitative estimate of drug-likeness (QED) is 0.432. The molecule has 0 spiro atoms. The van der Waals surface area contributed by atoms with E-state index in [1.54, 1.807) is 36.1 Å². The highest BCUT2D eigenvalue weighted by atomic mass is 32.1. The molecule has 0 atom stereocenters. The topological polar surface area (TPSA) is 129 Å². The maximum absolute atomic E-state index is 12.4. The van der Waals surface area contributed by atoms with Gasteiger partial charge in [0.15, 0.2) is 0 Å². The van der Waals surface area contributed by atoms with E-state index in [9.17, 15) is 14.9 Å². The van der Waals surface area contributed by atoms with Gasteiger partial charge >= 0.3 is 6.01 Å². The van der Waals surface area contributed by atoms with Gasteiger partial charge in [0.25, 0.3) is 17.5 Å². The lowest BCUT2D eigenvalue weighted by Gasteiger charge is -1.95. The number of nitro benzene ring substituents is 1. The second kappa shape index (κ2) is 6.04. The number of carbonyl (C=O) groups is 1. The lowest BCUT2D eigenvalue weighted by molar-refractivity contribution is -0.384. The minimum Gasteiger partial charge on any atom is -0.401 e. The number of non-ortho nitro benzene ring substituents is 1. The minimum absolute atomic E-state index is 0.0286. The molecule has 10 nitrogen and oxygen atoms in total. The molecular formula is C15H10N6O4S. The SMILES string of the molecule is Cn1ccc(-c2nnc(NC(=O)c3cc4cc([N+](=O)[O-])ccc4s3)o2)n1. The summed E-state index contributed by atoms with van der Waals surface area (Å²) in [6.45, 7) is 0. The van der Waals surface area contributed by atoms with Crippen LogP contribution >= 0.6 is 11.3 Å². The lowest BCUT2D eigenvalue weighted by atomic mass is 10.2. The zero-order chi connectivity index (χ0) is 18.3. The molecule has 0 aliphatic carbocycles. The molecule has 4 aromatic rings. The summed E-state index contributed by atoms with van der Waals surface area (Å²) in [5, 5.41) is 25.7. The zero-order valence-electron chi connectivity index (χ0n) is 13.2. The van der Waals surface area contributed by atoms with Gasteiger partial charge in [-0.2, -0.15) is 5.10 Å². The third-order valence-corrected chi connectivity index (χ3v) is 4.63. The van der Waals surface area contributed by atoms with Crippen LogP contribution < -0.4 is 5.32 Å². The van der Waals surface area contributed by atoms with Crippen LogP contribution in [-0.4, -0.2) is 30.8 Å². The number of hydrogen-bond donors (Lipinski definition) is 1. The number of fused-ring (bicyclic) bond motifs is 1. The number of nitrogens with zero attached hydrogens (tertiary/aromatic N) is 5. The Morgan fingerprint density at radius 3 is 2.88 bits per heavy atom. The van der Waals surface area contributed by atoms with Crippen LogP contribution in [0.1, 0.15) is 9.67 Å². The number of nitrogens with one attached hydrogen (secondary N) is 1. The monoisotopic (exact) mass is 370 g/mol. The van der Waals surface area contributed by atoms with E-state index in [0.717, 1.165) is 4.70 Å². The average Bonchev–Trinajstić information content (AvgIpc) is 3.32. The van der Waals surface area contributed by atoms with E-state index in [0.29, 0.717) is 16.0 Å². The largest absolute Gasteiger partial charge is 0.401 e. The Hall–Kier alpha value is -3.60. The molecule has 4 rings (SSSR count). The number of nitro groups is 1. The van der Waals surface area contributed by atoms with E-state index in [4.69, 9.17) is 4.42 Å². The molecule has 0 saturated heterocycles. The zero-order valence-corrected chi connectivity index (χ0v) is 14.1. The molecule has 0 fully saturated rings. The Balaban J connectivity index is 1.55. The standard InChI is InChI=1S/C15H10N6O4S/c1-20-5-4-10(19-20)14-17-18-15(25-14)16-13(22)12-7-8-6-9(21(23)24)2-3-11(8)26-12/h2-7H,1H3,(H,16,18,22). The Morgan fingerprint density at radius 1 is 1.31 bits per heavy atom. The molecule has 0 bridgehead atoms. The number of aromatic nitrogens is 4. The predicted octanol–water partition coefficient (Wildman–Crippen LogP) is 2.85. The number of anilines is 1. The van der Waals surface area contributed by atoms with E-state index >= 15 is 0 Å². The summed E-state index contributed by atoms with van der Waals surface area (Å²) >= 11 is 1.21. The fourth-order valence-electron chi connectivity index (χ4n) is 2.32. The minimum atomic E-state index is -0.478. The van der Waals surface area contributed by atoms with Gasteiger partial charge in [-0.1, -0.05) is 5.10 Å². The van der Waals surface area contributed by atoms with Gasteiger partial charge in [0, 0.05) is 35.5 Å². The first-order chi connectivity index (χ1) is 12.5. The summed E-state index contributed by atoms with van der Waals surface area (Å²) in [5.74, 6) is -0.252. The van der Waals surface area contributed by atoms with E-state index in [-0.39, 0.29) is 17.6 Å². The van der Waals surface area contributed by atoms with Crippen molar-refractivity contribution in [1.82, 2.24) is 20.0 Å². The van der Waals surface area contributed by atoms with Crippen molar-refractivity contribution in [3.8, 4) is 11.6 Å². The van der Waals surface area contributed by atoms with Crippen LogP contribution in [-0.2, 0) is 7.05 Å². The highest BCUT2D eigenvalue weighted by Gasteiger charge is 2.17. The Labute approximate surface area is 149 Å². The second-order valence-corrected chi connectivity index (χ2v) is 6.41. The van der Waals surface area contributed by atoms with Gasteiger partial charge in [-0.3, -0.25) is 24.9 Å². The molecule has 3 heterocycles. The number of thiophene rings is 1. The van der Waals surface area contributed by atoms with Crippen molar-refractivity contribution >= 4 is 39.0 Å². The molecule has 0 radical (unpaired) electrons. The van der Waals surface area contributed by atoms with Crippen LogP contribution in [0.4, 0.5) is 11.7 Å². The summed E-state index contributed by atoms with van der Waals surface area (Å²) in [6, 6.07) is 7.67. The number of rotatable bonds is 4. The number of benzene rings is 1. The molecule has 0 saturated carbocycles. The fourth-order valence-corrected chi connectivity index (χ4v) is 3.26. The summed E-state index contributed by atoms with van der Waals surface area (Å²) in [6.07, 6.45) is 1.73. The molecule has 1 amide bonds. The Bertz CT molecular complexity index is 1140. The first kappa shape index (κ1) is 15.9. The second-order valence-electron chi connectivity index (χ2n) is 5.33. The summed E-state index contributed by atoms with van der Waals surface area (Å²) in [7, 11) is 1.76. The van der Waals surface area contributed by atoms with Gasteiger partial charge < -0.3 is 4.42 Å². The first-order valence-electron chi connectivity index (χ1n) is 7.32. The van der Waals surface area contributed by atoms with Gasteiger partial charge in [0.05, 0.1) is 9.80 Å². The number of amides is 1. The van der Waals surface area contributed by atoms with Crippen molar-refractivity contribution in [3.05, 3.63) is 51.5 Å². The number of aryl methyl sites for hydroxylation is 1. The molecule has 0 unspecified atom stereocenters. The smallest absolute Gasteiger partial charge is 0.322 e. The van der Waals surface area contributed by atoms with Crippen LogP contribution in [0.3, 0.4) is 0 Å². The van der Waals surface area contributed by atoms with Crippen LogP contribution in [0.25, 0.3) is 21.7 Å². The highest BCUT2D eigenvalue weighted by molar-refractivity contribution is 7.20. The van der Waals surface area contributed by atoms with Gasteiger partial charge in [0.2, 0.25) is 0 Å². The van der Waals surface area contributed by atoms with Crippen molar-refractivity contribution in [3.63, 3.8) is 0 Å². The highest BCUT2D eigenvalue weighted by Crippen LogP contribution is 2.29. The van der Waals surface area contributed by atoms with Crippen LogP contribution in [0.2, 0.25) is 0 Å². The van der Waals surface area contributed by atoms with Crippen molar-refractivity contribution in [1.29, 1.82) is 0 Å². The molecule has 0 aliphatic heterocycles. The van der Waals surface area contributed by atoms with Gasteiger partial charge in [0.1, 0.15) is 5.69 Å². The molecule has 3 aromatic heterocycles. The first-order valence-corrected chi connectivity index (χ1v) is 8.14. The Kier molecular flexibility index (Phi) is 3.69. The van der Waals surface area contributed by atoms with E-state index in [1.165, 1.54) is 23.5 Å². The van der Waals surface area contributed by atoms with E-state index in [1.807, 2.05) is 0 Å². The maximum Gasteiger partial charge on any atom is 0.322 e. The van der Waals surface area contributed by atoms with Crippen molar-refractivity contribution in [2.75, 3.05) is 5.32 Å². The van der Waals surface area contributed by atoms with Gasteiger partial charge in [-0.25, -0.2) is 0 Å². The van der Waals surface area contributed by atoms with Crippen molar-refractivity contribution in [2.45, 2.75) is 0 Å². The van der Waals surface area contributed by atoms with Gasteiger partial charge in [-0.05, 0) is 18.2 Å². The molecule has 130 valence electrons. The molecule has 26 heavy (non-hydrogen) atoms. The van der Waals surface area contributed by atoms with Crippen LogP contribution in [0, 0.1) is 10.1 Å².